The molecule has 0 amide bonds. The lowest BCUT2D eigenvalue weighted by Gasteiger charge is -2.29. The van der Waals surface area contributed by atoms with Gasteiger partial charge in [-0.15, -0.1) is 0 Å². The maximum absolute atomic E-state index is 12.4. The minimum atomic E-state index is -0.534. The quantitative estimate of drug-likeness (QED) is 0.563. The number of benzene rings is 2. The first-order chi connectivity index (χ1) is 13.6. The van der Waals surface area contributed by atoms with Crippen LogP contribution in [0.5, 0.6) is 5.75 Å². The Labute approximate surface area is 164 Å². The summed E-state index contributed by atoms with van der Waals surface area (Å²) in [5.41, 5.74) is 2.57. The second-order valence-electron chi connectivity index (χ2n) is 6.43. The first-order valence-electron chi connectivity index (χ1n) is 8.92. The van der Waals surface area contributed by atoms with Crippen molar-refractivity contribution in [2.75, 3.05) is 14.2 Å². The molecule has 0 radical (unpaired) electrons. The Hall–Kier alpha value is -3.34. The Morgan fingerprint density at radius 2 is 1.75 bits per heavy atom. The van der Waals surface area contributed by atoms with E-state index in [-0.39, 0.29) is 0 Å². The van der Waals surface area contributed by atoms with E-state index >= 15 is 0 Å². The van der Waals surface area contributed by atoms with Crippen molar-refractivity contribution in [2.45, 2.75) is 19.3 Å². The van der Waals surface area contributed by atoms with Crippen LogP contribution >= 0.6 is 0 Å². The smallest absolute Gasteiger partial charge is 0.338 e. The molecule has 1 aliphatic heterocycles. The lowest BCUT2D eigenvalue weighted by Crippen LogP contribution is -2.24. The van der Waals surface area contributed by atoms with Gasteiger partial charge in [-0.25, -0.2) is 4.79 Å². The Morgan fingerprint density at radius 3 is 2.32 bits per heavy atom. The summed E-state index contributed by atoms with van der Waals surface area (Å²) >= 11 is 0. The van der Waals surface area contributed by atoms with E-state index in [2.05, 4.69) is 0 Å². The highest BCUT2D eigenvalue weighted by Crippen LogP contribution is 2.40. The van der Waals surface area contributed by atoms with Crippen LogP contribution in [0.4, 0.5) is 0 Å². The van der Waals surface area contributed by atoms with Crippen molar-refractivity contribution in [1.82, 2.24) is 0 Å². The first-order valence-corrected chi connectivity index (χ1v) is 8.92. The Morgan fingerprint density at radius 1 is 1.07 bits per heavy atom. The summed E-state index contributed by atoms with van der Waals surface area (Å²) in [4.78, 5) is 24.5. The van der Waals surface area contributed by atoms with Gasteiger partial charge in [0.05, 0.1) is 25.7 Å². The summed E-state index contributed by atoms with van der Waals surface area (Å²) in [6.07, 6.45) is 1.19. The lowest BCUT2D eigenvalue weighted by atomic mass is 9.81. The number of allylic oxidation sites excluding steroid dienone is 3. The monoisotopic (exact) mass is 378 g/mol. The summed E-state index contributed by atoms with van der Waals surface area (Å²) in [5.74, 6) is 0.681. The Balaban J connectivity index is 2.07. The number of ether oxygens (including phenoxy) is 3. The van der Waals surface area contributed by atoms with E-state index in [1.54, 1.807) is 14.0 Å². The molecule has 3 rings (SSSR count). The Kier molecular flexibility index (Phi) is 5.94. The van der Waals surface area contributed by atoms with Crippen molar-refractivity contribution < 1.29 is 23.8 Å². The predicted octanol–water partition coefficient (Wildman–Crippen LogP) is 3.95. The molecule has 0 spiro atoms. The molecule has 0 bridgehead atoms. The SMILES string of the molecule is COC(=O)C1=C(C)OC(Cc2ccc(OC)cc2)=C(C=O)C1c1ccccc1. The van der Waals surface area contributed by atoms with Crippen molar-refractivity contribution in [1.29, 1.82) is 0 Å². The number of carbonyl (C=O) groups is 2. The van der Waals surface area contributed by atoms with Gasteiger partial charge in [0, 0.05) is 12.0 Å². The molecule has 0 N–H and O–H groups in total. The van der Waals surface area contributed by atoms with Crippen molar-refractivity contribution >= 4 is 12.3 Å². The number of esters is 1. The minimum absolute atomic E-state index is 0.342. The number of hydrogen-bond acceptors (Lipinski definition) is 5. The second kappa shape index (κ2) is 8.57. The van der Waals surface area contributed by atoms with Crippen LogP contribution in [0.3, 0.4) is 0 Å². The molecule has 1 atom stereocenters. The zero-order valence-corrected chi connectivity index (χ0v) is 16.1. The fraction of sp³-hybridized carbons (Fsp3) is 0.217. The van der Waals surface area contributed by atoms with Crippen LogP contribution < -0.4 is 4.74 Å². The van der Waals surface area contributed by atoms with Crippen LogP contribution in [0.1, 0.15) is 24.0 Å². The largest absolute Gasteiger partial charge is 0.497 e. The topological polar surface area (TPSA) is 61.8 Å². The molecule has 2 aromatic rings. The second-order valence-corrected chi connectivity index (χ2v) is 6.43. The number of hydrogen-bond donors (Lipinski definition) is 0. The zero-order valence-electron chi connectivity index (χ0n) is 16.1. The molecule has 0 fully saturated rings. The van der Waals surface area contributed by atoms with Crippen molar-refractivity contribution in [3.63, 3.8) is 0 Å². The fourth-order valence-electron chi connectivity index (χ4n) is 3.38. The number of aldehydes is 1. The van der Waals surface area contributed by atoms with Gasteiger partial charge in [0.15, 0.2) is 0 Å². The van der Waals surface area contributed by atoms with Gasteiger partial charge >= 0.3 is 5.97 Å². The molecule has 5 heteroatoms. The highest BCUT2D eigenvalue weighted by molar-refractivity contribution is 5.95. The van der Waals surface area contributed by atoms with E-state index in [4.69, 9.17) is 14.2 Å². The third kappa shape index (κ3) is 3.83. The number of methoxy groups -OCH3 is 2. The zero-order chi connectivity index (χ0) is 20.1. The van der Waals surface area contributed by atoms with E-state index in [1.165, 1.54) is 7.11 Å². The molecule has 144 valence electrons. The Bertz CT molecular complexity index is 923. The number of carbonyl (C=O) groups excluding carboxylic acids is 2. The third-order valence-corrected chi connectivity index (χ3v) is 4.77. The maximum Gasteiger partial charge on any atom is 0.338 e. The van der Waals surface area contributed by atoms with Gasteiger partial charge in [-0.1, -0.05) is 42.5 Å². The predicted molar refractivity (Wildman–Crippen MR) is 105 cm³/mol. The van der Waals surface area contributed by atoms with E-state index < -0.39 is 11.9 Å². The van der Waals surface area contributed by atoms with Gasteiger partial charge in [-0.3, -0.25) is 4.79 Å². The fourth-order valence-corrected chi connectivity index (χ4v) is 3.38. The highest BCUT2D eigenvalue weighted by Gasteiger charge is 2.36. The van der Waals surface area contributed by atoms with Crippen LogP contribution in [0.25, 0.3) is 0 Å². The van der Waals surface area contributed by atoms with Crippen LogP contribution in [0.15, 0.2) is 77.3 Å². The van der Waals surface area contributed by atoms with Gasteiger partial charge in [-0.05, 0) is 30.2 Å². The maximum atomic E-state index is 12.4. The molecule has 1 aliphatic rings. The first kappa shape index (κ1) is 19.4. The average Bonchev–Trinajstić information content (AvgIpc) is 2.74. The van der Waals surface area contributed by atoms with Gasteiger partial charge < -0.3 is 14.2 Å². The summed E-state index contributed by atoms with van der Waals surface area (Å²) in [7, 11) is 2.93. The summed E-state index contributed by atoms with van der Waals surface area (Å²) in [6, 6.07) is 17.0. The molecule has 0 saturated carbocycles. The van der Waals surface area contributed by atoms with Crippen molar-refractivity contribution in [3.8, 4) is 5.75 Å². The van der Waals surface area contributed by atoms with E-state index in [9.17, 15) is 9.59 Å². The van der Waals surface area contributed by atoms with Crippen LogP contribution in [0, 0.1) is 0 Å². The van der Waals surface area contributed by atoms with E-state index in [1.807, 2.05) is 54.6 Å². The molecule has 28 heavy (non-hydrogen) atoms. The standard InChI is InChI=1S/C23H22O5/c1-15-21(23(25)27-3)22(17-7-5-4-6-8-17)19(14-24)20(28-15)13-16-9-11-18(26-2)12-10-16/h4-12,14,22H,13H2,1-3H3. The molecule has 0 saturated heterocycles. The van der Waals surface area contributed by atoms with Gasteiger partial charge in [0.25, 0.3) is 0 Å². The van der Waals surface area contributed by atoms with E-state index in [0.29, 0.717) is 29.1 Å². The van der Waals surface area contributed by atoms with Crippen molar-refractivity contribution in [2.24, 2.45) is 0 Å². The average molecular weight is 378 g/mol. The highest BCUT2D eigenvalue weighted by atomic mass is 16.5. The number of rotatable bonds is 6. The molecular formula is C23H22O5. The molecule has 5 nitrogen and oxygen atoms in total. The summed E-state index contributed by atoms with van der Waals surface area (Å²) in [6.45, 7) is 1.72. The van der Waals surface area contributed by atoms with Crippen LogP contribution in [-0.4, -0.2) is 26.5 Å². The van der Waals surface area contributed by atoms with Gasteiger partial charge in [0.1, 0.15) is 23.6 Å². The minimum Gasteiger partial charge on any atom is -0.497 e. The van der Waals surface area contributed by atoms with E-state index in [0.717, 1.165) is 23.2 Å². The normalized spacial score (nSPS) is 16.5. The van der Waals surface area contributed by atoms with Gasteiger partial charge in [0.2, 0.25) is 0 Å². The molecule has 0 aromatic heterocycles. The van der Waals surface area contributed by atoms with Crippen LogP contribution in [0.2, 0.25) is 0 Å². The lowest BCUT2D eigenvalue weighted by molar-refractivity contribution is -0.136. The molecule has 1 unspecified atom stereocenters. The molecular weight excluding hydrogens is 356 g/mol. The van der Waals surface area contributed by atoms with Gasteiger partial charge in [-0.2, -0.15) is 0 Å². The van der Waals surface area contributed by atoms with Crippen molar-refractivity contribution in [3.05, 3.63) is 88.4 Å². The molecule has 1 heterocycles. The third-order valence-electron chi connectivity index (χ3n) is 4.77. The molecule has 2 aromatic carbocycles. The summed E-state index contributed by atoms with van der Waals surface area (Å²) < 4.78 is 16.1. The van der Waals surface area contributed by atoms with Crippen LogP contribution in [-0.2, 0) is 25.5 Å². The summed E-state index contributed by atoms with van der Waals surface area (Å²) in [5, 5.41) is 0. The molecule has 0 aliphatic carbocycles.